The van der Waals surface area contributed by atoms with Gasteiger partial charge in [0.25, 0.3) is 0 Å². The lowest BCUT2D eigenvalue weighted by Crippen LogP contribution is -2.53. The zero-order valence-corrected chi connectivity index (χ0v) is 38.8. The average Bonchev–Trinajstić information content (AvgIpc) is 3.94. The minimum Gasteiger partial charge on any atom is -0.391 e. The van der Waals surface area contributed by atoms with Gasteiger partial charge in [-0.1, -0.05) is 76.2 Å². The lowest BCUT2D eigenvalue weighted by molar-refractivity contribution is -0.140. The van der Waals surface area contributed by atoms with Gasteiger partial charge in [-0.05, 0) is 73.5 Å². The highest BCUT2D eigenvalue weighted by Crippen LogP contribution is 2.31. The first-order valence-electron chi connectivity index (χ1n) is 22.5. The van der Waals surface area contributed by atoms with Crippen LogP contribution in [0.5, 0.6) is 0 Å². The van der Waals surface area contributed by atoms with E-state index >= 15 is 0 Å². The Morgan fingerprint density at radius 3 is 1.50 bits per heavy atom. The molecular formula is C45H79N7O8. The molecule has 60 heavy (non-hydrogen) atoms. The molecule has 15 nitrogen and oxygen atoms in total. The van der Waals surface area contributed by atoms with Crippen LogP contribution < -0.4 is 16.0 Å². The van der Waals surface area contributed by atoms with Crippen LogP contribution in [0.25, 0.3) is 0 Å². The van der Waals surface area contributed by atoms with Gasteiger partial charge in [0.15, 0.2) is 11.6 Å². The fourth-order valence-corrected chi connectivity index (χ4v) is 8.36. The number of aliphatic hydroxyl groups is 1. The quantitative estimate of drug-likeness (QED) is 0.202. The molecule has 0 aromatic rings. The number of carbonyl (C=O) groups excluding carboxylic acids is 7. The number of ketones is 2. The molecule has 15 heteroatoms. The van der Waals surface area contributed by atoms with Gasteiger partial charge in [0.1, 0.15) is 0 Å². The summed E-state index contributed by atoms with van der Waals surface area (Å²) in [6, 6.07) is -2.85. The summed E-state index contributed by atoms with van der Waals surface area (Å²) < 4.78 is 0. The van der Waals surface area contributed by atoms with Crippen molar-refractivity contribution in [2.24, 2.45) is 22.2 Å². The molecule has 2 unspecified atom stereocenters. The van der Waals surface area contributed by atoms with Crippen molar-refractivity contribution >= 4 is 41.4 Å². The van der Waals surface area contributed by atoms with Gasteiger partial charge in [0.2, 0.25) is 17.7 Å². The number of carbonyl (C=O) groups is 7. The molecule has 0 bridgehead atoms. The highest BCUT2D eigenvalue weighted by atomic mass is 16.3. The Balaban J connectivity index is 0.000000323. The van der Waals surface area contributed by atoms with Crippen LogP contribution in [0.4, 0.5) is 9.59 Å². The van der Waals surface area contributed by atoms with E-state index in [9.17, 15) is 38.7 Å². The minimum atomic E-state index is -0.810. The minimum absolute atomic E-state index is 0.0276. The van der Waals surface area contributed by atoms with Gasteiger partial charge in [-0.15, -0.1) is 0 Å². The summed E-state index contributed by atoms with van der Waals surface area (Å²) in [7, 11) is 0. The molecule has 0 radical (unpaired) electrons. The van der Waals surface area contributed by atoms with Gasteiger partial charge in [-0.25, -0.2) is 9.59 Å². The second-order valence-corrected chi connectivity index (χ2v) is 21.4. The van der Waals surface area contributed by atoms with Crippen molar-refractivity contribution in [3.05, 3.63) is 0 Å². The molecule has 4 rings (SSSR count). The first-order chi connectivity index (χ1) is 27.8. The molecule has 0 aliphatic carbocycles. The molecule has 342 valence electrons. The van der Waals surface area contributed by atoms with Crippen LogP contribution in [0.2, 0.25) is 0 Å². The zero-order valence-electron chi connectivity index (χ0n) is 38.8. The van der Waals surface area contributed by atoms with Gasteiger partial charge in [0, 0.05) is 58.5 Å². The highest BCUT2D eigenvalue weighted by Gasteiger charge is 2.46. The van der Waals surface area contributed by atoms with Crippen molar-refractivity contribution in [3.8, 4) is 0 Å². The molecule has 0 aromatic carbocycles. The molecule has 4 aliphatic rings. The number of β-amino-alcohol motifs (C(OH)–C–C–N with tert-alkyl or cyclic N) is 1. The number of urea groups is 2. The number of amides is 7. The molecule has 0 aromatic heterocycles. The summed E-state index contributed by atoms with van der Waals surface area (Å²) in [6.45, 7) is 25.4. The Kier molecular flexibility index (Phi) is 18.4. The highest BCUT2D eigenvalue weighted by molar-refractivity contribution is 5.97. The smallest absolute Gasteiger partial charge is 0.318 e. The maximum atomic E-state index is 13.3. The lowest BCUT2D eigenvalue weighted by Gasteiger charge is -2.31. The normalized spacial score (nSPS) is 23.4. The summed E-state index contributed by atoms with van der Waals surface area (Å²) in [4.78, 5) is 95.8. The maximum absolute atomic E-state index is 13.3. The molecule has 0 spiro atoms. The molecule has 4 aliphatic heterocycles. The van der Waals surface area contributed by atoms with Gasteiger partial charge in [-0.3, -0.25) is 24.0 Å². The Morgan fingerprint density at radius 1 is 0.583 bits per heavy atom. The van der Waals surface area contributed by atoms with E-state index in [4.69, 9.17) is 0 Å². The van der Waals surface area contributed by atoms with Gasteiger partial charge < -0.3 is 40.7 Å². The van der Waals surface area contributed by atoms with Gasteiger partial charge >= 0.3 is 12.1 Å². The van der Waals surface area contributed by atoms with Crippen LogP contribution in [0.15, 0.2) is 0 Å². The van der Waals surface area contributed by atoms with Crippen molar-refractivity contribution in [1.29, 1.82) is 0 Å². The Bertz CT molecular complexity index is 1510. The Morgan fingerprint density at radius 2 is 1.03 bits per heavy atom. The number of nitrogens with one attached hydrogen (secondary N) is 3. The third-order valence-corrected chi connectivity index (χ3v) is 11.5. The van der Waals surface area contributed by atoms with E-state index in [1.54, 1.807) is 14.7 Å². The van der Waals surface area contributed by atoms with Crippen LogP contribution in [0.1, 0.15) is 147 Å². The number of aliphatic hydroxyl groups excluding tert-OH is 1. The predicted octanol–water partition coefficient (Wildman–Crippen LogP) is 4.88. The number of hydrogen-bond acceptors (Lipinski definition) is 8. The van der Waals surface area contributed by atoms with Crippen LogP contribution in [0.3, 0.4) is 0 Å². The fourth-order valence-electron chi connectivity index (χ4n) is 8.36. The Labute approximate surface area is 359 Å². The second-order valence-electron chi connectivity index (χ2n) is 21.4. The lowest BCUT2D eigenvalue weighted by atomic mass is 9.91. The summed E-state index contributed by atoms with van der Waals surface area (Å²) in [5, 5.41) is 18.4. The van der Waals surface area contributed by atoms with Crippen molar-refractivity contribution < 1.29 is 38.7 Å². The van der Waals surface area contributed by atoms with E-state index in [1.165, 1.54) is 4.90 Å². The summed E-state index contributed by atoms with van der Waals surface area (Å²) in [5.41, 5.74) is -0.122. The molecule has 4 N–H and O–H groups in total. The molecule has 4 fully saturated rings. The molecule has 7 amide bonds. The second kappa shape index (κ2) is 21.9. The van der Waals surface area contributed by atoms with Crippen LogP contribution in [-0.2, 0) is 24.0 Å². The molecule has 0 saturated carbocycles. The molecule has 4 saturated heterocycles. The van der Waals surface area contributed by atoms with E-state index in [0.717, 1.165) is 32.1 Å². The van der Waals surface area contributed by atoms with Crippen molar-refractivity contribution in [2.75, 3.05) is 45.8 Å². The topological polar surface area (TPSA) is 189 Å². The third kappa shape index (κ3) is 15.9. The van der Waals surface area contributed by atoms with Gasteiger partial charge in [-0.2, -0.15) is 0 Å². The van der Waals surface area contributed by atoms with Crippen molar-refractivity contribution in [2.45, 2.75) is 177 Å². The number of nitrogens with zero attached hydrogens (tertiary/aromatic N) is 4. The summed E-state index contributed by atoms with van der Waals surface area (Å²) in [5.74, 6) is 0.00844. The average molecular weight is 846 g/mol. The predicted molar refractivity (Wildman–Crippen MR) is 232 cm³/mol. The number of Topliss-reactive ketones (excluding diaryl/α,β-unsaturated/α-hetero) is 2. The van der Waals surface area contributed by atoms with E-state index in [0.29, 0.717) is 70.7 Å². The van der Waals surface area contributed by atoms with Crippen LogP contribution >= 0.6 is 0 Å². The van der Waals surface area contributed by atoms with Crippen molar-refractivity contribution in [3.63, 3.8) is 0 Å². The molecule has 5 atom stereocenters. The first-order valence-corrected chi connectivity index (χ1v) is 22.5. The molecular weight excluding hydrogens is 767 g/mol. The zero-order chi connectivity index (χ0) is 45.2. The third-order valence-electron chi connectivity index (χ3n) is 11.5. The summed E-state index contributed by atoms with van der Waals surface area (Å²) in [6.07, 6.45) is 6.28. The van der Waals surface area contributed by atoms with Crippen molar-refractivity contribution in [1.82, 2.24) is 35.6 Å². The number of hydrogen-bond donors (Lipinski definition) is 4. The van der Waals surface area contributed by atoms with E-state index in [1.807, 2.05) is 41.5 Å². The first kappa shape index (κ1) is 50.6. The Hall–Kier alpha value is -3.75. The standard InChI is InChI=1S/C23H40N4O5.C22H39N3O3/c1-15(2)8-9-24-19(29)13-25-22(32)27-14-16(28)11-18(27)21(31)17-7-6-10-26(17)20(30)12-23(3,4)5;1-21(2,3)11-12-23-20(28)25-14-8-10-17(25)19(27)16-9-7-13-24(16)18(26)15-22(4,5)6/h15-18,28H,6-14H2,1-5H3,(H,24,29)(H,25,32);16-17H,7-15H2,1-6H3,(H,23,28)/t16-,17-,18?;16-,17?/m00/s1. The van der Waals surface area contributed by atoms with Crippen LogP contribution in [0, 0.1) is 22.2 Å². The maximum Gasteiger partial charge on any atom is 0.318 e. The largest absolute Gasteiger partial charge is 0.391 e. The van der Waals surface area contributed by atoms with E-state index < -0.39 is 30.3 Å². The van der Waals surface area contributed by atoms with E-state index in [-0.39, 0.29) is 77.1 Å². The van der Waals surface area contributed by atoms with Gasteiger partial charge in [0.05, 0.1) is 36.8 Å². The summed E-state index contributed by atoms with van der Waals surface area (Å²) >= 11 is 0. The fraction of sp³-hybridized carbons (Fsp3) is 0.844. The van der Waals surface area contributed by atoms with Crippen LogP contribution in [-0.4, -0.2) is 142 Å². The monoisotopic (exact) mass is 846 g/mol. The number of likely N-dealkylation sites (tertiary alicyclic amines) is 4. The molecule has 4 heterocycles. The SMILES string of the molecule is CC(C)(C)CCNC(=O)N1CCCC1C(=O)[C@@H]1CCCN1C(=O)CC(C)(C)C.CC(C)CCNC(=O)CNC(=O)N1C[C@@H](O)CC1C(=O)[C@@H]1CCCN1C(=O)CC(C)(C)C. The number of rotatable bonds is 13. The van der Waals surface area contributed by atoms with E-state index in [2.05, 4.69) is 50.6 Å².